The standard InChI is InChI=1S/C28H33F2N3O5/c1-2-22(34)20(12-15-6-4-10-23(15)35)32-26(36)25-17-8-3-7-16(17)14-33(25)27(37)21-13-18-19(31-21)9-5-11-24(18)38-28(29)30/h5,9,11,13,15-17,20,25,28,31H,2-4,6-8,10,12,14H2,1H3,(H,32,36). The van der Waals surface area contributed by atoms with Gasteiger partial charge < -0.3 is 19.9 Å². The van der Waals surface area contributed by atoms with E-state index in [9.17, 15) is 28.0 Å². The summed E-state index contributed by atoms with van der Waals surface area (Å²) in [6.07, 6.45) is 5.24. The SMILES string of the molecule is CCC(=O)C(CC1CCCC1=O)NC(=O)C1C2CCCC2CN1C(=O)c1cc2c(OC(F)F)cccc2[nH]1. The third-order valence-corrected chi connectivity index (χ3v) is 8.50. The van der Waals surface area contributed by atoms with Crippen molar-refractivity contribution in [2.24, 2.45) is 17.8 Å². The monoisotopic (exact) mass is 529 g/mol. The number of ketones is 2. The largest absolute Gasteiger partial charge is 0.434 e. The lowest BCUT2D eigenvalue weighted by Crippen LogP contribution is -2.53. The Kier molecular flexibility index (Phi) is 7.49. The van der Waals surface area contributed by atoms with Crippen molar-refractivity contribution in [3.05, 3.63) is 30.0 Å². The van der Waals surface area contributed by atoms with Gasteiger partial charge in [-0.1, -0.05) is 19.4 Å². The number of ether oxygens (including phenoxy) is 1. The second-order valence-corrected chi connectivity index (χ2v) is 10.7. The molecule has 0 radical (unpaired) electrons. The molecule has 0 bridgehead atoms. The fourth-order valence-corrected chi connectivity index (χ4v) is 6.64. The van der Waals surface area contributed by atoms with Gasteiger partial charge in [-0.05, 0) is 62.1 Å². The number of fused-ring (bicyclic) bond motifs is 2. The lowest BCUT2D eigenvalue weighted by atomic mass is 9.91. The van der Waals surface area contributed by atoms with Gasteiger partial charge in [0.2, 0.25) is 5.91 Å². The number of aromatic amines is 1. The van der Waals surface area contributed by atoms with E-state index in [2.05, 4.69) is 15.0 Å². The highest BCUT2D eigenvalue weighted by Crippen LogP contribution is 2.43. The van der Waals surface area contributed by atoms with Gasteiger partial charge in [0, 0.05) is 36.2 Å². The van der Waals surface area contributed by atoms with Crippen molar-refractivity contribution in [2.75, 3.05) is 6.54 Å². The molecule has 2 aliphatic carbocycles. The van der Waals surface area contributed by atoms with Crippen molar-refractivity contribution >= 4 is 34.3 Å². The van der Waals surface area contributed by atoms with Crippen molar-refractivity contribution in [2.45, 2.75) is 77.0 Å². The van der Waals surface area contributed by atoms with Gasteiger partial charge in [-0.3, -0.25) is 19.2 Å². The fourth-order valence-electron chi connectivity index (χ4n) is 6.64. The van der Waals surface area contributed by atoms with E-state index in [1.807, 2.05) is 0 Å². The van der Waals surface area contributed by atoms with Crippen LogP contribution in [0.25, 0.3) is 10.9 Å². The molecule has 3 aliphatic rings. The van der Waals surface area contributed by atoms with Crippen molar-refractivity contribution in [3.63, 3.8) is 0 Å². The number of carbonyl (C=O) groups is 4. The molecule has 1 saturated heterocycles. The molecule has 2 aromatic rings. The molecule has 204 valence electrons. The van der Waals surface area contributed by atoms with Crippen molar-refractivity contribution in [1.82, 2.24) is 15.2 Å². The number of rotatable bonds is 9. The van der Waals surface area contributed by atoms with Gasteiger partial charge in [-0.2, -0.15) is 8.78 Å². The van der Waals surface area contributed by atoms with E-state index < -0.39 is 24.6 Å². The molecule has 8 nitrogen and oxygen atoms in total. The first-order valence-corrected chi connectivity index (χ1v) is 13.5. The maximum absolute atomic E-state index is 13.7. The molecule has 2 amide bonds. The molecule has 1 aliphatic heterocycles. The smallest absolute Gasteiger partial charge is 0.387 e. The molecule has 2 heterocycles. The van der Waals surface area contributed by atoms with E-state index >= 15 is 0 Å². The summed E-state index contributed by atoms with van der Waals surface area (Å²) in [6.45, 7) is -0.859. The van der Waals surface area contributed by atoms with Crippen LogP contribution in [0.15, 0.2) is 24.3 Å². The van der Waals surface area contributed by atoms with E-state index in [0.717, 1.165) is 32.1 Å². The second kappa shape index (κ2) is 10.8. The molecule has 1 aromatic carbocycles. The number of alkyl halides is 2. The molecule has 5 atom stereocenters. The first-order chi connectivity index (χ1) is 18.3. The Bertz CT molecular complexity index is 1240. The second-order valence-electron chi connectivity index (χ2n) is 10.7. The van der Waals surface area contributed by atoms with E-state index in [1.54, 1.807) is 24.0 Å². The van der Waals surface area contributed by atoms with Gasteiger partial charge in [0.15, 0.2) is 5.78 Å². The molecule has 0 spiro atoms. The summed E-state index contributed by atoms with van der Waals surface area (Å²) in [5.41, 5.74) is 0.655. The number of hydrogen-bond acceptors (Lipinski definition) is 5. The molecule has 38 heavy (non-hydrogen) atoms. The Balaban J connectivity index is 1.39. The van der Waals surface area contributed by atoms with Crippen molar-refractivity contribution in [1.29, 1.82) is 0 Å². The van der Waals surface area contributed by atoms with Gasteiger partial charge in [0.1, 0.15) is 23.3 Å². The third kappa shape index (κ3) is 5.05. The summed E-state index contributed by atoms with van der Waals surface area (Å²) >= 11 is 0. The number of aromatic nitrogens is 1. The Morgan fingerprint density at radius 2 is 2.00 bits per heavy atom. The van der Waals surface area contributed by atoms with Crippen LogP contribution < -0.4 is 10.1 Å². The summed E-state index contributed by atoms with van der Waals surface area (Å²) in [5, 5.41) is 3.27. The number of carbonyl (C=O) groups excluding carboxylic acids is 4. The van der Waals surface area contributed by atoms with Crippen LogP contribution >= 0.6 is 0 Å². The van der Waals surface area contributed by atoms with Crippen LogP contribution in [0.4, 0.5) is 8.78 Å². The van der Waals surface area contributed by atoms with Crippen LogP contribution in [0, 0.1) is 17.8 Å². The zero-order valence-electron chi connectivity index (χ0n) is 21.4. The Hall–Kier alpha value is -3.30. The van der Waals surface area contributed by atoms with Gasteiger partial charge in [-0.15, -0.1) is 0 Å². The number of likely N-dealkylation sites (tertiary alicyclic amines) is 1. The Morgan fingerprint density at radius 1 is 1.18 bits per heavy atom. The molecule has 5 unspecified atom stereocenters. The van der Waals surface area contributed by atoms with Crippen LogP contribution in [-0.4, -0.2) is 58.5 Å². The molecular weight excluding hydrogens is 496 g/mol. The lowest BCUT2D eigenvalue weighted by Gasteiger charge is -2.29. The minimum absolute atomic E-state index is 0.0217. The summed E-state index contributed by atoms with van der Waals surface area (Å²) in [6, 6.07) is 4.60. The average Bonchev–Trinajstić information content (AvgIpc) is 3.66. The molecule has 5 rings (SSSR count). The molecule has 2 N–H and O–H groups in total. The van der Waals surface area contributed by atoms with E-state index in [-0.39, 0.29) is 53.1 Å². The number of hydrogen-bond donors (Lipinski definition) is 2. The molecule has 2 saturated carbocycles. The van der Waals surface area contributed by atoms with E-state index in [1.165, 1.54) is 12.1 Å². The summed E-state index contributed by atoms with van der Waals surface area (Å²) in [7, 11) is 0. The zero-order valence-corrected chi connectivity index (χ0v) is 21.4. The maximum Gasteiger partial charge on any atom is 0.387 e. The fraction of sp³-hybridized carbons (Fsp3) is 0.571. The number of Topliss-reactive ketones (excluding diaryl/α,β-unsaturated/α-hetero) is 2. The van der Waals surface area contributed by atoms with E-state index in [0.29, 0.717) is 30.3 Å². The van der Waals surface area contributed by atoms with Crippen LogP contribution in [-0.2, 0) is 14.4 Å². The van der Waals surface area contributed by atoms with Crippen LogP contribution in [0.1, 0.15) is 68.8 Å². The highest BCUT2D eigenvalue weighted by molar-refractivity contribution is 6.02. The predicted octanol–water partition coefficient (Wildman–Crippen LogP) is 4.23. The summed E-state index contributed by atoms with van der Waals surface area (Å²) in [4.78, 5) is 57.0. The van der Waals surface area contributed by atoms with Crippen molar-refractivity contribution in [3.8, 4) is 5.75 Å². The van der Waals surface area contributed by atoms with Gasteiger partial charge in [0.25, 0.3) is 5.91 Å². The minimum Gasteiger partial charge on any atom is -0.434 e. The minimum atomic E-state index is -3.00. The zero-order chi connectivity index (χ0) is 27.0. The number of halogens is 2. The highest BCUT2D eigenvalue weighted by Gasteiger charge is 2.50. The third-order valence-electron chi connectivity index (χ3n) is 8.50. The molecular formula is C28H33F2N3O5. The Morgan fingerprint density at radius 3 is 2.71 bits per heavy atom. The Labute approximate surface area is 219 Å². The number of H-pyrrole nitrogens is 1. The summed E-state index contributed by atoms with van der Waals surface area (Å²) < 4.78 is 30.4. The van der Waals surface area contributed by atoms with Crippen LogP contribution in [0.5, 0.6) is 5.75 Å². The number of nitrogens with one attached hydrogen (secondary N) is 2. The quantitative estimate of drug-likeness (QED) is 0.505. The normalized spacial score (nSPS) is 25.7. The molecule has 3 fully saturated rings. The summed E-state index contributed by atoms with van der Waals surface area (Å²) in [5.74, 6) is -0.879. The number of nitrogens with zero attached hydrogens (tertiary/aromatic N) is 1. The van der Waals surface area contributed by atoms with Gasteiger partial charge >= 0.3 is 6.61 Å². The van der Waals surface area contributed by atoms with Crippen LogP contribution in [0.3, 0.4) is 0 Å². The maximum atomic E-state index is 13.7. The average molecular weight is 530 g/mol. The topological polar surface area (TPSA) is 109 Å². The first-order valence-electron chi connectivity index (χ1n) is 13.5. The van der Waals surface area contributed by atoms with Gasteiger partial charge in [-0.25, -0.2) is 0 Å². The van der Waals surface area contributed by atoms with E-state index in [4.69, 9.17) is 0 Å². The van der Waals surface area contributed by atoms with Crippen LogP contribution in [0.2, 0.25) is 0 Å². The lowest BCUT2D eigenvalue weighted by molar-refractivity contribution is -0.131. The van der Waals surface area contributed by atoms with Crippen molar-refractivity contribution < 1.29 is 32.7 Å². The highest BCUT2D eigenvalue weighted by atomic mass is 19.3. The number of benzene rings is 1. The first kappa shape index (κ1) is 26.3. The molecule has 1 aromatic heterocycles. The number of amides is 2. The molecule has 10 heteroatoms. The van der Waals surface area contributed by atoms with Gasteiger partial charge in [0.05, 0.1) is 6.04 Å². The predicted molar refractivity (Wildman–Crippen MR) is 135 cm³/mol.